The molecular weight excluding hydrogens is 368 g/mol. The number of carbonyl (C=O) groups is 1. The van der Waals surface area contributed by atoms with Crippen molar-refractivity contribution in [2.75, 3.05) is 13.7 Å². The first-order valence-corrected chi connectivity index (χ1v) is 9.07. The number of amides is 1. The Morgan fingerprint density at radius 1 is 1.41 bits per heavy atom. The number of hydrogen-bond acceptors (Lipinski definition) is 6. The van der Waals surface area contributed by atoms with Gasteiger partial charge in [0.2, 0.25) is 0 Å². The Hall–Kier alpha value is -2.41. The number of rotatable bonds is 5. The Balaban J connectivity index is 2.35. The van der Waals surface area contributed by atoms with Crippen LogP contribution in [0.5, 0.6) is 5.75 Å². The summed E-state index contributed by atoms with van der Waals surface area (Å²) in [5, 5.41) is 0.523. The van der Waals surface area contributed by atoms with Crippen molar-refractivity contribution in [1.82, 2.24) is 4.90 Å². The highest BCUT2D eigenvalue weighted by Gasteiger charge is 2.40. The molecule has 1 amide bonds. The monoisotopic (exact) mass is 394 g/mol. The molecule has 1 aromatic carbocycles. The van der Waals surface area contributed by atoms with Gasteiger partial charge in [0.25, 0.3) is 0 Å². The fourth-order valence-corrected chi connectivity index (χ4v) is 3.01. The van der Waals surface area contributed by atoms with Crippen LogP contribution in [0, 0.1) is 0 Å². The maximum Gasteiger partial charge on any atom is 0.410 e. The zero-order chi connectivity index (χ0) is 20.2. The Bertz CT molecular complexity index is 743. The molecular formula is C19H27ClN4O3. The first-order chi connectivity index (χ1) is 12.6. The van der Waals surface area contributed by atoms with Gasteiger partial charge in [-0.15, -0.1) is 0 Å². The zero-order valence-electron chi connectivity index (χ0n) is 16.1. The van der Waals surface area contributed by atoms with Crippen molar-refractivity contribution >= 4 is 23.9 Å². The molecule has 1 saturated heterocycles. The molecule has 2 rings (SSSR count). The fourth-order valence-electron chi connectivity index (χ4n) is 2.77. The van der Waals surface area contributed by atoms with Gasteiger partial charge in [0.05, 0.1) is 24.9 Å². The predicted molar refractivity (Wildman–Crippen MR) is 107 cm³/mol. The molecule has 1 aromatic rings. The van der Waals surface area contributed by atoms with E-state index in [2.05, 4.69) is 4.99 Å². The number of benzene rings is 1. The second-order valence-electron chi connectivity index (χ2n) is 7.34. The summed E-state index contributed by atoms with van der Waals surface area (Å²) in [6.07, 6.45) is 3.17. The number of methoxy groups -OCH3 is 1. The van der Waals surface area contributed by atoms with Crippen LogP contribution in [-0.4, -0.2) is 42.5 Å². The number of ether oxygens (including phenoxy) is 2. The van der Waals surface area contributed by atoms with E-state index >= 15 is 0 Å². The summed E-state index contributed by atoms with van der Waals surface area (Å²) in [5.74, 6) is 0.614. The van der Waals surface area contributed by atoms with Crippen molar-refractivity contribution in [1.29, 1.82) is 0 Å². The minimum atomic E-state index is -0.567. The van der Waals surface area contributed by atoms with Gasteiger partial charge in [-0.1, -0.05) is 11.6 Å². The average Bonchev–Trinajstić information content (AvgIpc) is 2.54. The van der Waals surface area contributed by atoms with Gasteiger partial charge in [0.15, 0.2) is 0 Å². The van der Waals surface area contributed by atoms with Crippen molar-refractivity contribution in [2.24, 2.45) is 16.5 Å². The highest BCUT2D eigenvalue weighted by atomic mass is 35.5. The number of nitrogens with two attached hydrogens (primary N) is 2. The minimum absolute atomic E-state index is 0.176. The predicted octanol–water partition coefficient (Wildman–Crippen LogP) is 3.23. The van der Waals surface area contributed by atoms with Gasteiger partial charge in [-0.05, 0) is 51.0 Å². The lowest BCUT2D eigenvalue weighted by Crippen LogP contribution is -2.55. The van der Waals surface area contributed by atoms with Gasteiger partial charge in [-0.2, -0.15) is 0 Å². The molecule has 0 radical (unpaired) electrons. The Labute approximate surface area is 165 Å². The lowest BCUT2D eigenvalue weighted by molar-refractivity contribution is -0.0100. The number of nitrogens with zero attached hydrogens (tertiary/aromatic N) is 2. The number of aliphatic imine (C=N–C) groups is 1. The Kier molecular flexibility index (Phi) is 6.59. The van der Waals surface area contributed by atoms with Crippen LogP contribution in [0.2, 0.25) is 5.02 Å². The molecule has 2 atom stereocenters. The second-order valence-corrected chi connectivity index (χ2v) is 7.78. The SMILES string of the molecule is COc1cc(Cl)cc(C(N=C/C(N)=C\N)C2CCN2C(=O)OC(C)(C)C)c1. The standard InChI is InChI=1S/C19H27ClN4O3/c1-19(2,3)27-18(25)24-6-5-16(24)17(23-11-14(22)10-21)12-7-13(20)9-15(8-12)26-4/h7-11,16-17H,5-6,21-22H2,1-4H3/b14-10+,23-11?. The Morgan fingerprint density at radius 3 is 2.63 bits per heavy atom. The molecule has 0 aromatic heterocycles. The number of halogens is 1. The van der Waals surface area contributed by atoms with Gasteiger partial charge in [-0.3, -0.25) is 4.99 Å². The minimum Gasteiger partial charge on any atom is -0.497 e. The van der Waals surface area contributed by atoms with Crippen LogP contribution in [0.25, 0.3) is 0 Å². The highest BCUT2D eigenvalue weighted by Crippen LogP contribution is 2.36. The summed E-state index contributed by atoms with van der Waals surface area (Å²) in [6, 6.07) is 4.82. The highest BCUT2D eigenvalue weighted by molar-refractivity contribution is 6.30. The number of carbonyl (C=O) groups excluding carboxylic acids is 1. The Morgan fingerprint density at radius 2 is 2.11 bits per heavy atom. The average molecular weight is 395 g/mol. The molecule has 0 bridgehead atoms. The summed E-state index contributed by atoms with van der Waals surface area (Å²) in [7, 11) is 1.57. The summed E-state index contributed by atoms with van der Waals surface area (Å²) in [6.45, 7) is 6.11. The van der Waals surface area contributed by atoms with Crippen LogP contribution in [0.3, 0.4) is 0 Å². The van der Waals surface area contributed by atoms with Crippen molar-refractivity contribution in [3.63, 3.8) is 0 Å². The van der Waals surface area contributed by atoms with E-state index in [1.807, 2.05) is 26.8 Å². The lowest BCUT2D eigenvalue weighted by atomic mass is 9.90. The van der Waals surface area contributed by atoms with Gasteiger partial charge in [-0.25, -0.2) is 4.79 Å². The largest absolute Gasteiger partial charge is 0.497 e. The molecule has 4 N–H and O–H groups in total. The maximum atomic E-state index is 12.5. The first kappa shape index (κ1) is 20.9. The molecule has 1 aliphatic heterocycles. The van der Waals surface area contributed by atoms with Gasteiger partial charge < -0.3 is 25.8 Å². The fraction of sp³-hybridized carbons (Fsp3) is 0.474. The normalized spacial score (nSPS) is 18.9. The summed E-state index contributed by atoms with van der Waals surface area (Å²) >= 11 is 6.22. The smallest absolute Gasteiger partial charge is 0.410 e. The molecule has 1 aliphatic rings. The molecule has 8 heteroatoms. The first-order valence-electron chi connectivity index (χ1n) is 8.69. The molecule has 7 nitrogen and oxygen atoms in total. The van der Waals surface area contributed by atoms with Gasteiger partial charge >= 0.3 is 6.09 Å². The summed E-state index contributed by atoms with van der Waals surface area (Å²) in [4.78, 5) is 18.8. The van der Waals surface area contributed by atoms with Crippen LogP contribution in [0.15, 0.2) is 35.1 Å². The maximum absolute atomic E-state index is 12.5. The number of likely N-dealkylation sites (tertiary alicyclic amines) is 1. The van der Waals surface area contributed by atoms with Crippen LogP contribution < -0.4 is 16.2 Å². The van der Waals surface area contributed by atoms with Crippen molar-refractivity contribution < 1.29 is 14.3 Å². The van der Waals surface area contributed by atoms with Crippen LogP contribution in [-0.2, 0) is 4.74 Å². The topological polar surface area (TPSA) is 103 Å². The molecule has 0 aliphatic carbocycles. The third-order valence-electron chi connectivity index (χ3n) is 4.11. The third kappa shape index (κ3) is 5.53. The van der Waals surface area contributed by atoms with Crippen molar-refractivity contribution in [3.05, 3.63) is 40.7 Å². The van der Waals surface area contributed by atoms with E-state index in [1.165, 1.54) is 12.4 Å². The van der Waals surface area contributed by atoms with Crippen LogP contribution >= 0.6 is 11.6 Å². The van der Waals surface area contributed by atoms with E-state index in [4.69, 9.17) is 32.5 Å². The molecule has 1 heterocycles. The van der Waals surface area contributed by atoms with Crippen molar-refractivity contribution in [3.8, 4) is 5.75 Å². The molecule has 2 unspecified atom stereocenters. The quantitative estimate of drug-likeness (QED) is 0.746. The van der Waals surface area contributed by atoms with E-state index in [1.54, 1.807) is 24.1 Å². The second kappa shape index (κ2) is 8.52. The van der Waals surface area contributed by atoms with Gasteiger partial charge in [0, 0.05) is 24.0 Å². The van der Waals surface area contributed by atoms with E-state index in [0.29, 0.717) is 23.0 Å². The van der Waals surface area contributed by atoms with Crippen LogP contribution in [0.4, 0.5) is 4.79 Å². The summed E-state index contributed by atoms with van der Waals surface area (Å²) < 4.78 is 10.8. The molecule has 0 saturated carbocycles. The van der Waals surface area contributed by atoms with E-state index < -0.39 is 5.60 Å². The third-order valence-corrected chi connectivity index (χ3v) is 4.32. The van der Waals surface area contributed by atoms with E-state index in [-0.39, 0.29) is 18.2 Å². The van der Waals surface area contributed by atoms with E-state index in [0.717, 1.165) is 12.0 Å². The van der Waals surface area contributed by atoms with Crippen molar-refractivity contribution in [2.45, 2.75) is 44.9 Å². The molecule has 148 valence electrons. The number of allylic oxidation sites excluding steroid dienone is 1. The van der Waals surface area contributed by atoms with Crippen LogP contribution in [0.1, 0.15) is 38.8 Å². The molecule has 0 spiro atoms. The van der Waals surface area contributed by atoms with E-state index in [9.17, 15) is 4.79 Å². The molecule has 1 fully saturated rings. The summed E-state index contributed by atoms with van der Waals surface area (Å²) in [5.41, 5.74) is 11.8. The lowest BCUT2D eigenvalue weighted by Gasteiger charge is -2.44. The molecule has 27 heavy (non-hydrogen) atoms. The zero-order valence-corrected chi connectivity index (χ0v) is 16.9. The number of hydrogen-bond donors (Lipinski definition) is 2. The van der Waals surface area contributed by atoms with Gasteiger partial charge in [0.1, 0.15) is 11.4 Å².